The van der Waals surface area contributed by atoms with Crippen molar-refractivity contribution < 1.29 is 5.11 Å². The average molecular weight is 264 g/mol. The summed E-state index contributed by atoms with van der Waals surface area (Å²) in [5.74, 6) is 0.387. The van der Waals surface area contributed by atoms with Crippen molar-refractivity contribution in [1.82, 2.24) is 0 Å². The van der Waals surface area contributed by atoms with E-state index < -0.39 is 0 Å². The van der Waals surface area contributed by atoms with E-state index in [1.807, 2.05) is 31.2 Å². The smallest absolute Gasteiger partial charge is 0.111 e. The van der Waals surface area contributed by atoms with Crippen LogP contribution in [0.25, 0.3) is 0 Å². The molecule has 0 rings (SSSR count). The molecule has 0 amide bonds. The molecule has 1 N–H and O–H groups in total. The standard InChI is InChI=1S/C18H32O/c1-3-5-7-8-9-10-11-12-13-15-17-18(19)16-14-6-4-2/h4,6,14,16-17,19H,3,5,7-13,15H2,1-2H3. The van der Waals surface area contributed by atoms with Gasteiger partial charge in [0.25, 0.3) is 0 Å². The van der Waals surface area contributed by atoms with E-state index in [0.717, 1.165) is 6.42 Å². The van der Waals surface area contributed by atoms with E-state index in [-0.39, 0.29) is 0 Å². The van der Waals surface area contributed by atoms with Crippen LogP contribution in [0.1, 0.15) is 78.1 Å². The topological polar surface area (TPSA) is 20.2 Å². The predicted molar refractivity (Wildman–Crippen MR) is 86.5 cm³/mol. The maximum absolute atomic E-state index is 9.54. The fraction of sp³-hybridized carbons (Fsp3) is 0.667. The van der Waals surface area contributed by atoms with Gasteiger partial charge < -0.3 is 5.11 Å². The lowest BCUT2D eigenvalue weighted by Crippen LogP contribution is -1.81. The lowest BCUT2D eigenvalue weighted by atomic mass is 10.1. The molecule has 0 saturated carbocycles. The van der Waals surface area contributed by atoms with Gasteiger partial charge in [-0.15, -0.1) is 0 Å². The Labute approximate surface area is 120 Å². The number of aliphatic hydroxyl groups excluding tert-OH is 1. The fourth-order valence-corrected chi connectivity index (χ4v) is 2.04. The summed E-state index contributed by atoms with van der Waals surface area (Å²) in [5, 5.41) is 9.54. The second kappa shape index (κ2) is 15.1. The molecule has 19 heavy (non-hydrogen) atoms. The van der Waals surface area contributed by atoms with Crippen LogP contribution in [0.4, 0.5) is 0 Å². The number of allylic oxidation sites excluding steroid dienone is 5. The van der Waals surface area contributed by atoms with Crippen molar-refractivity contribution in [3.63, 3.8) is 0 Å². The normalized spacial score (nSPS) is 12.8. The van der Waals surface area contributed by atoms with Gasteiger partial charge >= 0.3 is 0 Å². The molecule has 0 bridgehead atoms. The molecule has 110 valence electrons. The van der Waals surface area contributed by atoms with Crippen LogP contribution in [0.2, 0.25) is 0 Å². The van der Waals surface area contributed by atoms with Crippen molar-refractivity contribution in [3.05, 3.63) is 36.1 Å². The number of hydrogen-bond acceptors (Lipinski definition) is 1. The summed E-state index contributed by atoms with van der Waals surface area (Å²) in [5.41, 5.74) is 0. The summed E-state index contributed by atoms with van der Waals surface area (Å²) in [6.07, 6.45) is 22.5. The SMILES string of the molecule is CC=CC=CC(O)=CCCCCCCCCCCC. The van der Waals surface area contributed by atoms with Crippen LogP contribution < -0.4 is 0 Å². The minimum atomic E-state index is 0.387. The maximum Gasteiger partial charge on any atom is 0.111 e. The Morgan fingerprint density at radius 2 is 1.42 bits per heavy atom. The summed E-state index contributed by atoms with van der Waals surface area (Å²) < 4.78 is 0. The molecular formula is C18H32O. The molecule has 0 aliphatic heterocycles. The van der Waals surface area contributed by atoms with Crippen LogP contribution in [0.5, 0.6) is 0 Å². The Morgan fingerprint density at radius 1 is 0.842 bits per heavy atom. The predicted octanol–water partition coefficient (Wildman–Crippen LogP) is 6.48. The largest absolute Gasteiger partial charge is 0.508 e. The molecule has 0 unspecified atom stereocenters. The number of hydrogen-bond donors (Lipinski definition) is 1. The van der Waals surface area contributed by atoms with Gasteiger partial charge in [0, 0.05) is 0 Å². The molecule has 0 fully saturated rings. The highest BCUT2D eigenvalue weighted by Crippen LogP contribution is 2.11. The van der Waals surface area contributed by atoms with Crippen LogP contribution >= 0.6 is 0 Å². The van der Waals surface area contributed by atoms with Gasteiger partial charge in [0.15, 0.2) is 0 Å². The van der Waals surface area contributed by atoms with Gasteiger partial charge in [-0.25, -0.2) is 0 Å². The maximum atomic E-state index is 9.54. The van der Waals surface area contributed by atoms with Gasteiger partial charge in [0.05, 0.1) is 0 Å². The molecular weight excluding hydrogens is 232 g/mol. The van der Waals surface area contributed by atoms with E-state index in [1.54, 1.807) is 6.08 Å². The van der Waals surface area contributed by atoms with E-state index in [1.165, 1.54) is 57.8 Å². The molecule has 0 aromatic carbocycles. The Balaban J connectivity index is 3.32. The first-order chi connectivity index (χ1) is 9.31. The summed E-state index contributed by atoms with van der Waals surface area (Å²) in [6.45, 7) is 4.23. The highest BCUT2D eigenvalue weighted by molar-refractivity contribution is 5.15. The van der Waals surface area contributed by atoms with E-state index in [2.05, 4.69) is 6.92 Å². The average Bonchev–Trinajstić information content (AvgIpc) is 2.41. The number of unbranched alkanes of at least 4 members (excludes halogenated alkanes) is 9. The molecule has 1 heteroatoms. The van der Waals surface area contributed by atoms with Crippen molar-refractivity contribution >= 4 is 0 Å². The van der Waals surface area contributed by atoms with Crippen LogP contribution in [-0.2, 0) is 0 Å². The van der Waals surface area contributed by atoms with Crippen molar-refractivity contribution in [2.24, 2.45) is 0 Å². The van der Waals surface area contributed by atoms with E-state index in [4.69, 9.17) is 0 Å². The molecule has 0 spiro atoms. The summed E-state index contributed by atoms with van der Waals surface area (Å²) >= 11 is 0. The third kappa shape index (κ3) is 15.0. The molecule has 0 aliphatic rings. The van der Waals surface area contributed by atoms with Crippen molar-refractivity contribution in [1.29, 1.82) is 0 Å². The van der Waals surface area contributed by atoms with Crippen molar-refractivity contribution in [3.8, 4) is 0 Å². The molecule has 0 heterocycles. The third-order valence-electron chi connectivity index (χ3n) is 3.23. The Bertz CT molecular complexity index is 261. The van der Waals surface area contributed by atoms with E-state index >= 15 is 0 Å². The fourth-order valence-electron chi connectivity index (χ4n) is 2.04. The van der Waals surface area contributed by atoms with Gasteiger partial charge in [-0.2, -0.15) is 0 Å². The first-order valence-electron chi connectivity index (χ1n) is 7.99. The van der Waals surface area contributed by atoms with Gasteiger partial charge in [-0.1, -0.05) is 76.5 Å². The Hall–Kier alpha value is -0.980. The second-order valence-electron chi connectivity index (χ2n) is 5.13. The van der Waals surface area contributed by atoms with Crippen LogP contribution in [0.15, 0.2) is 36.1 Å². The van der Waals surface area contributed by atoms with Gasteiger partial charge in [0.2, 0.25) is 0 Å². The van der Waals surface area contributed by atoms with Crippen LogP contribution in [-0.4, -0.2) is 5.11 Å². The van der Waals surface area contributed by atoms with E-state index in [0.29, 0.717) is 5.76 Å². The molecule has 0 saturated heterocycles. The quantitative estimate of drug-likeness (QED) is 0.243. The van der Waals surface area contributed by atoms with Crippen molar-refractivity contribution in [2.45, 2.75) is 78.1 Å². The number of rotatable bonds is 12. The minimum Gasteiger partial charge on any atom is -0.508 e. The summed E-state index contributed by atoms with van der Waals surface area (Å²) in [7, 11) is 0. The first-order valence-corrected chi connectivity index (χ1v) is 7.99. The summed E-state index contributed by atoms with van der Waals surface area (Å²) in [6, 6.07) is 0. The molecule has 0 aromatic heterocycles. The number of aliphatic hydroxyl groups is 1. The van der Waals surface area contributed by atoms with Gasteiger partial charge in [-0.3, -0.25) is 0 Å². The zero-order valence-electron chi connectivity index (χ0n) is 12.9. The molecule has 0 aromatic rings. The van der Waals surface area contributed by atoms with Crippen LogP contribution in [0.3, 0.4) is 0 Å². The molecule has 1 nitrogen and oxygen atoms in total. The zero-order valence-corrected chi connectivity index (χ0v) is 12.9. The molecule has 0 atom stereocenters. The zero-order chi connectivity index (χ0) is 14.2. The van der Waals surface area contributed by atoms with Gasteiger partial charge in [-0.05, 0) is 31.9 Å². The Kier molecular flexibility index (Phi) is 14.3. The van der Waals surface area contributed by atoms with Gasteiger partial charge in [0.1, 0.15) is 5.76 Å². The monoisotopic (exact) mass is 264 g/mol. The lowest BCUT2D eigenvalue weighted by molar-refractivity contribution is 0.428. The Morgan fingerprint density at radius 3 is 2.00 bits per heavy atom. The third-order valence-corrected chi connectivity index (χ3v) is 3.23. The minimum absolute atomic E-state index is 0.387. The summed E-state index contributed by atoms with van der Waals surface area (Å²) in [4.78, 5) is 0. The second-order valence-corrected chi connectivity index (χ2v) is 5.13. The molecule has 0 radical (unpaired) electrons. The van der Waals surface area contributed by atoms with E-state index in [9.17, 15) is 5.11 Å². The molecule has 0 aliphatic carbocycles. The lowest BCUT2D eigenvalue weighted by Gasteiger charge is -2.00. The van der Waals surface area contributed by atoms with Crippen molar-refractivity contribution in [2.75, 3.05) is 0 Å². The van der Waals surface area contributed by atoms with Crippen LogP contribution in [0, 0.1) is 0 Å². The highest BCUT2D eigenvalue weighted by Gasteiger charge is 1.92. The first kappa shape index (κ1) is 18.0. The highest BCUT2D eigenvalue weighted by atomic mass is 16.3.